The van der Waals surface area contributed by atoms with Crippen molar-refractivity contribution in [1.29, 1.82) is 0 Å². The molecule has 0 aromatic carbocycles. The molecule has 1 heterocycles. The molecule has 0 saturated carbocycles. The van der Waals surface area contributed by atoms with Crippen molar-refractivity contribution in [2.45, 2.75) is 54.9 Å². The van der Waals surface area contributed by atoms with Crippen molar-refractivity contribution in [1.82, 2.24) is 0 Å². The van der Waals surface area contributed by atoms with Crippen LogP contribution in [0.4, 0.5) is 0 Å². The largest absolute Gasteiger partial charge is 0.394 e. The minimum atomic E-state index is -2.31. The van der Waals surface area contributed by atoms with Gasteiger partial charge in [-0.1, -0.05) is 0 Å². The summed E-state index contributed by atoms with van der Waals surface area (Å²) in [5.41, 5.74) is 0. The summed E-state index contributed by atoms with van der Waals surface area (Å²) in [5, 5.41) is 84.6. The topological polar surface area (TPSA) is 208 Å². The van der Waals surface area contributed by atoms with E-state index in [1.165, 1.54) is 0 Å². The molecule has 1 aliphatic rings. The van der Waals surface area contributed by atoms with Crippen molar-refractivity contribution in [3.63, 3.8) is 0 Å². The average Bonchev–Trinajstić information content (AvgIpc) is 2.56. The number of aliphatic hydroxyl groups excluding tert-OH is 9. The van der Waals surface area contributed by atoms with E-state index in [1.54, 1.807) is 0 Å². The summed E-state index contributed by atoms with van der Waals surface area (Å²) in [6, 6.07) is 0. The fraction of sp³-hybridized carbons (Fsp3) is 0.917. The molecule has 11 nitrogen and oxygen atoms in total. The summed E-state index contributed by atoms with van der Waals surface area (Å²) in [6.07, 6.45) is -17.1. The molecule has 1 saturated heterocycles. The van der Waals surface area contributed by atoms with Crippen LogP contribution in [0.3, 0.4) is 0 Å². The van der Waals surface area contributed by atoms with Gasteiger partial charge in [-0.25, -0.2) is 0 Å². The van der Waals surface area contributed by atoms with E-state index >= 15 is 0 Å². The van der Waals surface area contributed by atoms with Gasteiger partial charge in [-0.2, -0.15) is 0 Å². The Balaban J connectivity index is 2.85. The highest BCUT2D eigenvalue weighted by atomic mass is 16.6. The highest BCUT2D eigenvalue weighted by Crippen LogP contribution is 2.24. The zero-order valence-electron chi connectivity index (χ0n) is 12.0. The van der Waals surface area contributed by atoms with Crippen molar-refractivity contribution >= 4 is 5.78 Å². The van der Waals surface area contributed by atoms with Gasteiger partial charge in [0.05, 0.1) is 13.2 Å². The van der Waals surface area contributed by atoms with E-state index in [-0.39, 0.29) is 0 Å². The molecule has 1 fully saturated rings. The Bertz CT molecular complexity index is 389. The second-order valence-electron chi connectivity index (χ2n) is 5.33. The molecule has 1 rings (SSSR count). The highest BCUT2D eigenvalue weighted by molar-refractivity contribution is 5.88. The van der Waals surface area contributed by atoms with Gasteiger partial charge in [-0.05, 0) is 0 Å². The molecule has 0 aliphatic carbocycles. The van der Waals surface area contributed by atoms with Crippen molar-refractivity contribution in [3.8, 4) is 0 Å². The average molecular weight is 342 g/mol. The second kappa shape index (κ2) is 8.39. The number of Topliss-reactive ketones (excluding diaryl/α,β-unsaturated/α-hetero) is 1. The molecular weight excluding hydrogens is 320 g/mol. The molecule has 2 unspecified atom stereocenters. The fourth-order valence-corrected chi connectivity index (χ4v) is 2.21. The quantitative estimate of drug-likeness (QED) is 0.212. The molecule has 1 aliphatic heterocycles. The van der Waals surface area contributed by atoms with Crippen LogP contribution < -0.4 is 0 Å². The fourth-order valence-electron chi connectivity index (χ4n) is 2.21. The van der Waals surface area contributed by atoms with Crippen LogP contribution in [0.15, 0.2) is 0 Å². The van der Waals surface area contributed by atoms with Gasteiger partial charge in [0.15, 0.2) is 5.78 Å². The van der Waals surface area contributed by atoms with E-state index in [0.29, 0.717) is 0 Å². The van der Waals surface area contributed by atoms with E-state index in [9.17, 15) is 35.4 Å². The van der Waals surface area contributed by atoms with Gasteiger partial charge in [0.1, 0.15) is 54.9 Å². The number of aliphatic hydroxyl groups is 9. The first kappa shape index (κ1) is 20.3. The molecule has 11 heteroatoms. The van der Waals surface area contributed by atoms with Gasteiger partial charge in [0.2, 0.25) is 0 Å². The van der Waals surface area contributed by atoms with Gasteiger partial charge >= 0.3 is 0 Å². The maximum Gasteiger partial charge on any atom is 0.195 e. The predicted octanol–water partition coefficient (Wildman–Crippen LogP) is -6.17. The summed E-state index contributed by atoms with van der Waals surface area (Å²) < 4.78 is 4.94. The van der Waals surface area contributed by atoms with Crippen molar-refractivity contribution < 1.29 is 55.5 Å². The normalized spacial score (nSPS) is 37.0. The third-order valence-electron chi connectivity index (χ3n) is 3.73. The zero-order chi connectivity index (χ0) is 17.9. The van der Waals surface area contributed by atoms with Crippen LogP contribution >= 0.6 is 0 Å². The maximum atomic E-state index is 11.9. The maximum absolute atomic E-state index is 11.9. The van der Waals surface area contributed by atoms with Crippen molar-refractivity contribution in [3.05, 3.63) is 0 Å². The lowest BCUT2D eigenvalue weighted by Crippen LogP contribution is -2.63. The van der Waals surface area contributed by atoms with Gasteiger partial charge < -0.3 is 50.7 Å². The minimum Gasteiger partial charge on any atom is -0.394 e. The number of carbonyl (C=O) groups is 1. The Kier molecular flexibility index (Phi) is 7.41. The lowest BCUT2D eigenvalue weighted by Gasteiger charge is -2.41. The first-order valence-electron chi connectivity index (χ1n) is 6.84. The number of hydrogen-bond donors (Lipinski definition) is 9. The monoisotopic (exact) mass is 342 g/mol. The van der Waals surface area contributed by atoms with E-state index in [2.05, 4.69) is 0 Å². The van der Waals surface area contributed by atoms with E-state index in [0.717, 1.165) is 0 Å². The van der Waals surface area contributed by atoms with E-state index in [1.807, 2.05) is 0 Å². The first-order valence-corrected chi connectivity index (χ1v) is 6.84. The standard InChI is InChI=1S/C12H22O11/c13-1-3(15)5(16)7(18)9(20)11(22)12-10(21)8(19)6(17)4(2-14)23-12/h3-8,10-19,21-22H,1-2H2/t3-,4-,5-,6+,7+,8+,10-,11?,12?/m1/s1. The van der Waals surface area contributed by atoms with E-state index in [4.69, 9.17) is 20.1 Å². The van der Waals surface area contributed by atoms with Crippen LogP contribution in [-0.4, -0.2) is 120 Å². The molecule has 0 radical (unpaired) electrons. The molecule has 0 amide bonds. The Morgan fingerprint density at radius 3 is 2.00 bits per heavy atom. The summed E-state index contributed by atoms with van der Waals surface area (Å²) in [6.45, 7) is -1.74. The van der Waals surface area contributed by atoms with Crippen LogP contribution in [0.2, 0.25) is 0 Å². The lowest BCUT2D eigenvalue weighted by atomic mass is 9.89. The van der Waals surface area contributed by atoms with Crippen molar-refractivity contribution in [2.75, 3.05) is 13.2 Å². The molecule has 0 bridgehead atoms. The molecule has 0 aromatic heterocycles. The lowest BCUT2D eigenvalue weighted by molar-refractivity contribution is -0.248. The summed E-state index contributed by atoms with van der Waals surface area (Å²) in [4.78, 5) is 11.9. The summed E-state index contributed by atoms with van der Waals surface area (Å²) in [7, 11) is 0. The summed E-state index contributed by atoms with van der Waals surface area (Å²) in [5.74, 6) is -1.45. The number of ether oxygens (including phenoxy) is 1. The van der Waals surface area contributed by atoms with Crippen LogP contribution in [-0.2, 0) is 9.53 Å². The summed E-state index contributed by atoms with van der Waals surface area (Å²) >= 11 is 0. The predicted molar refractivity (Wildman–Crippen MR) is 69.9 cm³/mol. The minimum absolute atomic E-state index is 0.781. The Hall–Kier alpha value is -0.730. The third kappa shape index (κ3) is 4.22. The van der Waals surface area contributed by atoms with E-state index < -0.39 is 73.9 Å². The van der Waals surface area contributed by atoms with Gasteiger partial charge in [-0.3, -0.25) is 4.79 Å². The van der Waals surface area contributed by atoms with Gasteiger partial charge in [-0.15, -0.1) is 0 Å². The Labute approximate surface area is 130 Å². The second-order valence-corrected chi connectivity index (χ2v) is 5.33. The third-order valence-corrected chi connectivity index (χ3v) is 3.73. The van der Waals surface area contributed by atoms with Crippen LogP contribution in [0, 0.1) is 0 Å². The Morgan fingerprint density at radius 1 is 0.957 bits per heavy atom. The smallest absolute Gasteiger partial charge is 0.195 e. The first-order chi connectivity index (χ1) is 10.7. The molecule has 136 valence electrons. The van der Waals surface area contributed by atoms with Crippen LogP contribution in [0.25, 0.3) is 0 Å². The Morgan fingerprint density at radius 2 is 1.52 bits per heavy atom. The molecule has 9 N–H and O–H groups in total. The molecular formula is C12H22O11. The van der Waals surface area contributed by atoms with Gasteiger partial charge in [0.25, 0.3) is 0 Å². The number of hydrogen-bond acceptors (Lipinski definition) is 11. The highest BCUT2D eigenvalue weighted by Gasteiger charge is 2.49. The molecule has 0 aromatic rings. The zero-order valence-corrected chi connectivity index (χ0v) is 12.0. The molecule has 23 heavy (non-hydrogen) atoms. The SMILES string of the molecule is O=C(C(O)C1O[C@H](CO)[C@H](O)[C@H](O)[C@H]1O)[C@@H](O)[C@H](O)[C@H](O)CO. The van der Waals surface area contributed by atoms with Gasteiger partial charge in [0, 0.05) is 0 Å². The number of rotatable bonds is 7. The molecule has 0 spiro atoms. The molecule has 9 atom stereocenters. The van der Waals surface area contributed by atoms with Crippen molar-refractivity contribution in [2.24, 2.45) is 0 Å². The van der Waals surface area contributed by atoms with Crippen LogP contribution in [0.1, 0.15) is 0 Å². The number of carbonyl (C=O) groups excluding carboxylic acids is 1. The van der Waals surface area contributed by atoms with Crippen LogP contribution in [0.5, 0.6) is 0 Å². The number of ketones is 1.